The van der Waals surface area contributed by atoms with Crippen molar-refractivity contribution < 1.29 is 5.11 Å². The average Bonchev–Trinajstić information content (AvgIpc) is 3.08. The summed E-state index contributed by atoms with van der Waals surface area (Å²) in [6.07, 6.45) is 5.94. The monoisotopic (exact) mass is 254 g/mol. The minimum absolute atomic E-state index is 0.316. The fourth-order valence-electron chi connectivity index (χ4n) is 3.56. The van der Waals surface area contributed by atoms with E-state index in [0.29, 0.717) is 0 Å². The number of rotatable bonds is 1. The summed E-state index contributed by atoms with van der Waals surface area (Å²) in [5, 5.41) is 11.5. The number of aliphatic hydroxyl groups is 1. The highest BCUT2D eigenvalue weighted by atomic mass is 16.3. The summed E-state index contributed by atoms with van der Waals surface area (Å²) in [5.74, 6) is 0. The van der Waals surface area contributed by atoms with Crippen molar-refractivity contribution in [2.45, 2.75) is 31.8 Å². The summed E-state index contributed by atoms with van der Waals surface area (Å²) in [6, 6.07) is 6.35. The molecule has 1 N–H and O–H groups in total. The maximum Gasteiger partial charge on any atom is 0.0803 e. The van der Waals surface area contributed by atoms with Crippen LogP contribution in [0.2, 0.25) is 0 Å². The number of anilines is 1. The number of nitrogens with zero attached hydrogens (tertiary/aromatic N) is 2. The Morgan fingerprint density at radius 2 is 2.00 bits per heavy atom. The first-order chi connectivity index (χ1) is 9.34. The van der Waals surface area contributed by atoms with Crippen molar-refractivity contribution in [3.8, 4) is 0 Å². The van der Waals surface area contributed by atoms with Crippen LogP contribution in [0.3, 0.4) is 0 Å². The summed E-state index contributed by atoms with van der Waals surface area (Å²) in [6.45, 7) is 2.25. The molecule has 1 saturated heterocycles. The molecule has 3 nitrogen and oxygen atoms in total. The van der Waals surface area contributed by atoms with Crippen molar-refractivity contribution in [2.75, 3.05) is 18.0 Å². The Kier molecular flexibility index (Phi) is 2.49. The number of pyridine rings is 1. The molecule has 1 aromatic heterocycles. The first kappa shape index (κ1) is 11.2. The van der Waals surface area contributed by atoms with E-state index in [1.165, 1.54) is 29.5 Å². The van der Waals surface area contributed by atoms with Gasteiger partial charge in [0.15, 0.2) is 0 Å². The van der Waals surface area contributed by atoms with Crippen molar-refractivity contribution in [1.29, 1.82) is 0 Å². The molecule has 0 amide bonds. The molecular formula is C16H18N2O. The molecule has 1 fully saturated rings. The van der Waals surface area contributed by atoms with E-state index in [4.69, 9.17) is 0 Å². The van der Waals surface area contributed by atoms with E-state index in [-0.39, 0.29) is 6.10 Å². The third-order valence-corrected chi connectivity index (χ3v) is 4.48. The van der Waals surface area contributed by atoms with E-state index in [2.05, 4.69) is 28.1 Å². The minimum Gasteiger partial charge on any atom is -0.388 e. The van der Waals surface area contributed by atoms with Gasteiger partial charge in [0.1, 0.15) is 0 Å². The van der Waals surface area contributed by atoms with Crippen LogP contribution in [0.4, 0.5) is 5.69 Å². The van der Waals surface area contributed by atoms with E-state index >= 15 is 0 Å². The molecule has 0 saturated carbocycles. The SMILES string of the molecule is OC1CCc2ccc3nccc(N4CCCC4)c3c21. The van der Waals surface area contributed by atoms with Crippen molar-refractivity contribution in [3.05, 3.63) is 35.5 Å². The predicted octanol–water partition coefficient (Wildman–Crippen LogP) is 2.81. The average molecular weight is 254 g/mol. The highest BCUT2D eigenvalue weighted by molar-refractivity contribution is 5.96. The van der Waals surface area contributed by atoms with Crippen LogP contribution < -0.4 is 4.90 Å². The smallest absolute Gasteiger partial charge is 0.0803 e. The number of benzene rings is 1. The number of aryl methyl sites for hydroxylation is 1. The fourth-order valence-corrected chi connectivity index (χ4v) is 3.56. The van der Waals surface area contributed by atoms with Gasteiger partial charge in [-0.3, -0.25) is 4.98 Å². The molecule has 2 aliphatic rings. The number of fused-ring (bicyclic) bond motifs is 3. The summed E-state index contributed by atoms with van der Waals surface area (Å²) >= 11 is 0. The van der Waals surface area contributed by atoms with Gasteiger partial charge in [0.25, 0.3) is 0 Å². The number of aliphatic hydroxyl groups excluding tert-OH is 1. The zero-order valence-electron chi connectivity index (χ0n) is 11.0. The Balaban J connectivity index is 2.00. The van der Waals surface area contributed by atoms with Crippen molar-refractivity contribution >= 4 is 16.6 Å². The third-order valence-electron chi connectivity index (χ3n) is 4.48. The van der Waals surface area contributed by atoms with Crippen LogP contribution in [0, 0.1) is 0 Å². The molecule has 4 rings (SSSR count). The van der Waals surface area contributed by atoms with Crippen LogP contribution in [0.1, 0.15) is 36.5 Å². The van der Waals surface area contributed by atoms with Crippen LogP contribution >= 0.6 is 0 Å². The molecule has 19 heavy (non-hydrogen) atoms. The molecule has 1 aromatic carbocycles. The van der Waals surface area contributed by atoms with E-state index in [1.807, 2.05) is 6.20 Å². The standard InChI is InChI=1S/C16H18N2O/c19-14-6-4-11-3-5-12-16(15(11)14)13(7-8-17-12)18-9-1-2-10-18/h3,5,7-8,14,19H,1-2,4,6,9-10H2. The number of aromatic nitrogens is 1. The molecule has 1 atom stereocenters. The molecule has 2 heterocycles. The van der Waals surface area contributed by atoms with Gasteiger partial charge in [-0.25, -0.2) is 0 Å². The van der Waals surface area contributed by atoms with Gasteiger partial charge in [-0.05, 0) is 48.9 Å². The van der Waals surface area contributed by atoms with Gasteiger partial charge in [0.05, 0.1) is 11.6 Å². The lowest BCUT2D eigenvalue weighted by Crippen LogP contribution is -2.18. The number of hydrogen-bond acceptors (Lipinski definition) is 3. The van der Waals surface area contributed by atoms with Crippen LogP contribution in [0.25, 0.3) is 10.9 Å². The second-order valence-corrected chi connectivity index (χ2v) is 5.61. The summed E-state index contributed by atoms with van der Waals surface area (Å²) in [5.41, 5.74) is 4.71. The van der Waals surface area contributed by atoms with Gasteiger partial charge >= 0.3 is 0 Å². The second kappa shape index (κ2) is 4.20. The Hall–Kier alpha value is -1.61. The molecule has 2 aromatic rings. The molecule has 98 valence electrons. The molecule has 3 heteroatoms. The summed E-state index contributed by atoms with van der Waals surface area (Å²) in [7, 11) is 0. The zero-order chi connectivity index (χ0) is 12.8. The van der Waals surface area contributed by atoms with E-state index in [0.717, 1.165) is 37.0 Å². The van der Waals surface area contributed by atoms with Crippen molar-refractivity contribution in [2.24, 2.45) is 0 Å². The van der Waals surface area contributed by atoms with Crippen LogP contribution in [-0.2, 0) is 6.42 Å². The van der Waals surface area contributed by atoms with Crippen molar-refractivity contribution in [3.63, 3.8) is 0 Å². The normalized spacial score (nSPS) is 22.2. The molecule has 0 spiro atoms. The fraction of sp³-hybridized carbons (Fsp3) is 0.438. The Morgan fingerprint density at radius 1 is 1.16 bits per heavy atom. The van der Waals surface area contributed by atoms with Gasteiger partial charge in [-0.2, -0.15) is 0 Å². The van der Waals surface area contributed by atoms with E-state index in [9.17, 15) is 5.11 Å². The lowest BCUT2D eigenvalue weighted by molar-refractivity contribution is 0.181. The highest BCUT2D eigenvalue weighted by Gasteiger charge is 2.26. The summed E-state index contributed by atoms with van der Waals surface area (Å²) in [4.78, 5) is 6.93. The first-order valence-electron chi connectivity index (χ1n) is 7.18. The topological polar surface area (TPSA) is 36.4 Å². The van der Waals surface area contributed by atoms with Crippen molar-refractivity contribution in [1.82, 2.24) is 4.98 Å². The Labute approximate surface area is 112 Å². The quantitative estimate of drug-likeness (QED) is 0.850. The first-order valence-corrected chi connectivity index (χ1v) is 7.18. The molecule has 1 unspecified atom stereocenters. The van der Waals surface area contributed by atoms with Crippen LogP contribution in [0.5, 0.6) is 0 Å². The third kappa shape index (κ3) is 1.65. The highest BCUT2D eigenvalue weighted by Crippen LogP contribution is 2.40. The largest absolute Gasteiger partial charge is 0.388 e. The van der Waals surface area contributed by atoms with Gasteiger partial charge in [0.2, 0.25) is 0 Å². The maximum atomic E-state index is 10.3. The summed E-state index contributed by atoms with van der Waals surface area (Å²) < 4.78 is 0. The lowest BCUT2D eigenvalue weighted by Gasteiger charge is -2.21. The van der Waals surface area contributed by atoms with E-state index < -0.39 is 0 Å². The van der Waals surface area contributed by atoms with Gasteiger partial charge in [-0.15, -0.1) is 0 Å². The molecule has 1 aliphatic heterocycles. The maximum absolute atomic E-state index is 10.3. The zero-order valence-corrected chi connectivity index (χ0v) is 11.0. The van der Waals surface area contributed by atoms with Crippen LogP contribution in [0.15, 0.2) is 24.4 Å². The molecular weight excluding hydrogens is 236 g/mol. The minimum atomic E-state index is -0.316. The number of hydrogen-bond donors (Lipinski definition) is 1. The lowest BCUT2D eigenvalue weighted by atomic mass is 10.0. The Morgan fingerprint density at radius 3 is 2.84 bits per heavy atom. The Bertz CT molecular complexity index is 632. The van der Waals surface area contributed by atoms with Gasteiger partial charge < -0.3 is 10.0 Å². The van der Waals surface area contributed by atoms with Crippen LogP contribution in [-0.4, -0.2) is 23.2 Å². The molecule has 1 aliphatic carbocycles. The van der Waals surface area contributed by atoms with Gasteiger partial charge in [0, 0.05) is 30.4 Å². The molecule has 0 bridgehead atoms. The predicted molar refractivity (Wildman–Crippen MR) is 76.5 cm³/mol. The van der Waals surface area contributed by atoms with E-state index in [1.54, 1.807) is 0 Å². The second-order valence-electron chi connectivity index (χ2n) is 5.61. The van der Waals surface area contributed by atoms with Gasteiger partial charge in [-0.1, -0.05) is 6.07 Å². The molecule has 0 radical (unpaired) electrons.